The summed E-state index contributed by atoms with van der Waals surface area (Å²) in [5.74, 6) is 1.16. The van der Waals surface area contributed by atoms with Gasteiger partial charge in [-0.3, -0.25) is 0 Å². The Labute approximate surface area is 100 Å². The lowest BCUT2D eigenvalue weighted by Crippen LogP contribution is -2.25. The molecule has 1 unspecified atom stereocenters. The van der Waals surface area contributed by atoms with Gasteiger partial charge in [-0.25, -0.2) is 0 Å². The highest BCUT2D eigenvalue weighted by Gasteiger charge is 2.00. The fourth-order valence-electron chi connectivity index (χ4n) is 1.39. The first kappa shape index (κ1) is 12.9. The Kier molecular flexibility index (Phi) is 6.96. The predicted octanol–water partition coefficient (Wildman–Crippen LogP) is 2.80. The molecular formula is C10H19N3S2. The largest absolute Gasteiger partial charge is 0.315 e. The normalized spacial score (nSPS) is 12.9. The summed E-state index contributed by atoms with van der Waals surface area (Å²) in [5, 5.41) is 11.2. The Morgan fingerprint density at radius 2 is 2.40 bits per heavy atom. The lowest BCUT2D eigenvalue weighted by atomic mass is 10.1. The molecule has 0 saturated heterocycles. The van der Waals surface area contributed by atoms with Crippen molar-refractivity contribution in [1.82, 2.24) is 15.5 Å². The minimum absolute atomic E-state index is 0.654. The van der Waals surface area contributed by atoms with Crippen LogP contribution in [0.3, 0.4) is 0 Å². The second-order valence-electron chi connectivity index (χ2n) is 3.51. The number of nitrogens with one attached hydrogen (secondary N) is 1. The van der Waals surface area contributed by atoms with Gasteiger partial charge in [-0.2, -0.15) is 0 Å². The SMILES string of the molecule is CCNC(C)CCCCSc1nncs1. The van der Waals surface area contributed by atoms with Crippen LogP contribution in [-0.4, -0.2) is 28.5 Å². The van der Waals surface area contributed by atoms with Gasteiger partial charge in [0, 0.05) is 11.8 Å². The lowest BCUT2D eigenvalue weighted by Gasteiger charge is -2.10. The topological polar surface area (TPSA) is 37.8 Å². The van der Waals surface area contributed by atoms with E-state index in [0.717, 1.165) is 16.6 Å². The monoisotopic (exact) mass is 245 g/mol. The van der Waals surface area contributed by atoms with E-state index in [1.54, 1.807) is 16.8 Å². The van der Waals surface area contributed by atoms with Crippen LogP contribution < -0.4 is 5.32 Å². The summed E-state index contributed by atoms with van der Waals surface area (Å²) in [7, 11) is 0. The highest BCUT2D eigenvalue weighted by Crippen LogP contribution is 2.20. The minimum atomic E-state index is 0.654. The van der Waals surface area contributed by atoms with Crippen LogP contribution in [0.25, 0.3) is 0 Å². The maximum atomic E-state index is 4.00. The molecular weight excluding hydrogens is 226 g/mol. The van der Waals surface area contributed by atoms with E-state index < -0.39 is 0 Å². The lowest BCUT2D eigenvalue weighted by molar-refractivity contribution is 0.510. The van der Waals surface area contributed by atoms with Gasteiger partial charge >= 0.3 is 0 Å². The molecule has 3 nitrogen and oxygen atoms in total. The maximum absolute atomic E-state index is 4.00. The van der Waals surface area contributed by atoms with E-state index in [1.165, 1.54) is 19.3 Å². The van der Waals surface area contributed by atoms with Crippen LogP contribution in [0.2, 0.25) is 0 Å². The molecule has 0 saturated carbocycles. The third-order valence-electron chi connectivity index (χ3n) is 2.15. The summed E-state index contributed by atoms with van der Waals surface area (Å²) in [6, 6.07) is 0.654. The summed E-state index contributed by atoms with van der Waals surface area (Å²) in [6.45, 7) is 5.48. The molecule has 0 bridgehead atoms. The summed E-state index contributed by atoms with van der Waals surface area (Å²) in [5.41, 5.74) is 1.79. The third kappa shape index (κ3) is 6.12. The number of unbranched alkanes of at least 4 members (excludes halogenated alkanes) is 1. The Balaban J connectivity index is 1.93. The first-order chi connectivity index (χ1) is 7.33. The number of hydrogen-bond acceptors (Lipinski definition) is 5. The van der Waals surface area contributed by atoms with E-state index in [0.29, 0.717) is 6.04 Å². The molecule has 1 aromatic heterocycles. The van der Waals surface area contributed by atoms with Crippen LogP contribution in [0, 0.1) is 0 Å². The predicted molar refractivity (Wildman–Crippen MR) is 67.6 cm³/mol. The fraction of sp³-hybridized carbons (Fsp3) is 0.800. The average molecular weight is 245 g/mol. The van der Waals surface area contributed by atoms with Crippen LogP contribution in [-0.2, 0) is 0 Å². The number of nitrogens with zero attached hydrogens (tertiary/aromatic N) is 2. The van der Waals surface area contributed by atoms with E-state index in [4.69, 9.17) is 0 Å². The number of thioether (sulfide) groups is 1. The average Bonchev–Trinajstić information content (AvgIpc) is 2.70. The number of rotatable bonds is 8. The molecule has 1 N–H and O–H groups in total. The second kappa shape index (κ2) is 8.07. The van der Waals surface area contributed by atoms with Crippen LogP contribution in [0.1, 0.15) is 33.1 Å². The first-order valence-electron chi connectivity index (χ1n) is 5.45. The molecule has 0 fully saturated rings. The zero-order valence-corrected chi connectivity index (χ0v) is 11.0. The molecule has 0 aromatic carbocycles. The maximum Gasteiger partial charge on any atom is 0.174 e. The van der Waals surface area contributed by atoms with Crippen LogP contribution >= 0.6 is 23.1 Å². The zero-order valence-electron chi connectivity index (χ0n) is 9.40. The summed E-state index contributed by atoms with van der Waals surface area (Å²) < 4.78 is 1.09. The number of hydrogen-bond donors (Lipinski definition) is 1. The van der Waals surface area contributed by atoms with Gasteiger partial charge in [0.15, 0.2) is 4.34 Å². The van der Waals surface area contributed by atoms with Crippen molar-refractivity contribution in [2.75, 3.05) is 12.3 Å². The molecule has 0 amide bonds. The Morgan fingerprint density at radius 3 is 3.07 bits per heavy atom. The van der Waals surface area contributed by atoms with Crippen molar-refractivity contribution in [3.8, 4) is 0 Å². The summed E-state index contributed by atoms with van der Waals surface area (Å²) >= 11 is 3.44. The highest BCUT2D eigenvalue weighted by molar-refractivity contribution is 8.00. The summed E-state index contributed by atoms with van der Waals surface area (Å²) in [6.07, 6.45) is 3.82. The summed E-state index contributed by atoms with van der Waals surface area (Å²) in [4.78, 5) is 0. The molecule has 0 aliphatic heterocycles. The zero-order chi connectivity index (χ0) is 10.9. The molecule has 0 aliphatic rings. The molecule has 5 heteroatoms. The van der Waals surface area contributed by atoms with Gasteiger partial charge in [0.2, 0.25) is 0 Å². The minimum Gasteiger partial charge on any atom is -0.315 e. The molecule has 1 aromatic rings. The Hall–Kier alpha value is -0.130. The van der Waals surface area contributed by atoms with Crippen molar-refractivity contribution in [2.24, 2.45) is 0 Å². The van der Waals surface area contributed by atoms with Gasteiger partial charge in [-0.15, -0.1) is 10.2 Å². The van der Waals surface area contributed by atoms with Gasteiger partial charge in [0.1, 0.15) is 5.51 Å². The third-order valence-corrected chi connectivity index (χ3v) is 4.10. The molecule has 1 heterocycles. The number of aromatic nitrogens is 2. The molecule has 0 spiro atoms. The van der Waals surface area contributed by atoms with Crippen molar-refractivity contribution >= 4 is 23.1 Å². The van der Waals surface area contributed by atoms with Crippen molar-refractivity contribution in [2.45, 2.75) is 43.5 Å². The van der Waals surface area contributed by atoms with Crippen molar-refractivity contribution < 1.29 is 0 Å². The second-order valence-corrected chi connectivity index (χ2v) is 5.68. The van der Waals surface area contributed by atoms with Gasteiger partial charge in [0.25, 0.3) is 0 Å². The van der Waals surface area contributed by atoms with Crippen LogP contribution in [0.15, 0.2) is 9.85 Å². The quantitative estimate of drug-likeness (QED) is 0.564. The highest BCUT2D eigenvalue weighted by atomic mass is 32.2. The molecule has 86 valence electrons. The van der Waals surface area contributed by atoms with E-state index in [2.05, 4.69) is 29.4 Å². The van der Waals surface area contributed by atoms with Crippen molar-refractivity contribution in [1.29, 1.82) is 0 Å². The molecule has 1 atom stereocenters. The van der Waals surface area contributed by atoms with E-state index in [1.807, 2.05) is 11.8 Å². The van der Waals surface area contributed by atoms with Crippen molar-refractivity contribution in [3.05, 3.63) is 5.51 Å². The van der Waals surface area contributed by atoms with Gasteiger partial charge in [-0.05, 0) is 26.3 Å². The molecule has 15 heavy (non-hydrogen) atoms. The Morgan fingerprint density at radius 1 is 1.53 bits per heavy atom. The van der Waals surface area contributed by atoms with Gasteiger partial charge in [-0.1, -0.05) is 36.4 Å². The smallest absolute Gasteiger partial charge is 0.174 e. The molecule has 0 aliphatic carbocycles. The molecule has 0 radical (unpaired) electrons. The first-order valence-corrected chi connectivity index (χ1v) is 7.31. The van der Waals surface area contributed by atoms with Gasteiger partial charge in [0.05, 0.1) is 0 Å². The van der Waals surface area contributed by atoms with E-state index in [-0.39, 0.29) is 0 Å². The van der Waals surface area contributed by atoms with Crippen molar-refractivity contribution in [3.63, 3.8) is 0 Å². The van der Waals surface area contributed by atoms with E-state index >= 15 is 0 Å². The van der Waals surface area contributed by atoms with Gasteiger partial charge < -0.3 is 5.32 Å². The fourth-order valence-corrected chi connectivity index (χ4v) is 2.95. The molecule has 1 rings (SSSR count). The standard InChI is InChI=1S/C10H19N3S2/c1-3-11-9(2)6-4-5-7-14-10-13-12-8-15-10/h8-9,11H,3-7H2,1-2H3. The Bertz CT molecular complexity index is 239. The van der Waals surface area contributed by atoms with Crippen LogP contribution in [0.5, 0.6) is 0 Å². The van der Waals surface area contributed by atoms with Crippen LogP contribution in [0.4, 0.5) is 0 Å². The van der Waals surface area contributed by atoms with E-state index in [9.17, 15) is 0 Å².